The number of hydrogen-bond acceptors (Lipinski definition) is 7. The summed E-state index contributed by atoms with van der Waals surface area (Å²) >= 11 is 0.979. The van der Waals surface area contributed by atoms with Gasteiger partial charge in [-0.2, -0.15) is 0 Å². The van der Waals surface area contributed by atoms with Crippen LogP contribution in [0.1, 0.15) is 17.3 Å². The molecule has 1 amide bonds. The number of rotatable bonds is 6. The molecule has 176 valence electrons. The third-order valence-corrected chi connectivity index (χ3v) is 6.28. The molecule has 10 heteroatoms. The number of Topliss-reactive ketones (excluding diaryl/α,β-unsaturated/α-hetero) is 1. The zero-order valence-electron chi connectivity index (χ0n) is 18.4. The normalized spacial score (nSPS) is 12.1. The van der Waals surface area contributed by atoms with Gasteiger partial charge in [-0.25, -0.2) is 9.37 Å². The SMILES string of the molecule is CC(=O)c1cc2c(cc1NC(=O)CSc1nc3ccccc3c(=O)n1-c1ccccc1F)OCO2. The summed E-state index contributed by atoms with van der Waals surface area (Å²) in [7, 11) is 0. The van der Waals surface area contributed by atoms with E-state index in [-0.39, 0.29) is 40.4 Å². The minimum atomic E-state index is -0.593. The average molecular weight is 492 g/mol. The summed E-state index contributed by atoms with van der Waals surface area (Å²) in [4.78, 5) is 42.7. The molecule has 0 saturated carbocycles. The van der Waals surface area contributed by atoms with Crippen LogP contribution in [0.15, 0.2) is 70.6 Å². The van der Waals surface area contributed by atoms with E-state index in [4.69, 9.17) is 9.47 Å². The molecule has 2 heterocycles. The average Bonchev–Trinajstić information content (AvgIpc) is 3.30. The number of anilines is 1. The highest BCUT2D eigenvalue weighted by Crippen LogP contribution is 2.37. The lowest BCUT2D eigenvalue weighted by Crippen LogP contribution is -2.23. The molecule has 1 aliphatic heterocycles. The Morgan fingerprint density at radius 2 is 1.80 bits per heavy atom. The number of carbonyl (C=O) groups excluding carboxylic acids is 2. The molecule has 5 rings (SSSR count). The molecule has 1 aromatic heterocycles. The Labute approximate surface area is 202 Å². The zero-order chi connectivity index (χ0) is 24.5. The van der Waals surface area contributed by atoms with Gasteiger partial charge in [0.15, 0.2) is 22.4 Å². The lowest BCUT2D eigenvalue weighted by atomic mass is 10.1. The Morgan fingerprint density at radius 1 is 1.09 bits per heavy atom. The standard InChI is InChI=1S/C25H18FN3O5S/c1-14(30)16-10-21-22(34-13-33-21)11-19(16)27-23(31)12-35-25-28-18-8-4-2-6-15(18)24(32)29(25)20-9-5-3-7-17(20)26/h2-11H,12-13H2,1H3,(H,27,31). The lowest BCUT2D eigenvalue weighted by Gasteiger charge is -2.14. The molecule has 0 spiro atoms. The molecule has 35 heavy (non-hydrogen) atoms. The van der Waals surface area contributed by atoms with Crippen molar-refractivity contribution in [3.8, 4) is 17.2 Å². The van der Waals surface area contributed by atoms with Crippen LogP contribution in [0.2, 0.25) is 0 Å². The fraction of sp³-hybridized carbons (Fsp3) is 0.120. The van der Waals surface area contributed by atoms with Gasteiger partial charge in [-0.3, -0.25) is 19.0 Å². The second-order valence-electron chi connectivity index (χ2n) is 7.65. The number of ketones is 1. The summed E-state index contributed by atoms with van der Waals surface area (Å²) in [5.41, 5.74) is 0.583. The van der Waals surface area contributed by atoms with Crippen molar-refractivity contribution < 1.29 is 23.5 Å². The van der Waals surface area contributed by atoms with Gasteiger partial charge in [-0.1, -0.05) is 36.0 Å². The number of hydrogen-bond donors (Lipinski definition) is 1. The number of fused-ring (bicyclic) bond motifs is 2. The van der Waals surface area contributed by atoms with Crippen molar-refractivity contribution in [2.75, 3.05) is 17.9 Å². The molecule has 0 unspecified atom stereocenters. The maximum atomic E-state index is 14.6. The van der Waals surface area contributed by atoms with E-state index in [2.05, 4.69) is 10.3 Å². The second kappa shape index (κ2) is 9.22. The van der Waals surface area contributed by atoms with E-state index in [1.165, 1.54) is 37.3 Å². The highest BCUT2D eigenvalue weighted by atomic mass is 32.2. The number of nitrogens with one attached hydrogen (secondary N) is 1. The Morgan fingerprint density at radius 3 is 2.57 bits per heavy atom. The molecule has 1 N–H and O–H groups in total. The molecule has 0 saturated heterocycles. The third kappa shape index (κ3) is 4.35. The molecular formula is C25H18FN3O5S. The predicted octanol–water partition coefficient (Wildman–Crippen LogP) is 4.19. The molecule has 0 atom stereocenters. The first-order chi connectivity index (χ1) is 16.9. The fourth-order valence-electron chi connectivity index (χ4n) is 3.71. The van der Waals surface area contributed by atoms with Gasteiger partial charge in [0.2, 0.25) is 12.7 Å². The minimum absolute atomic E-state index is 0.0289. The van der Waals surface area contributed by atoms with Crippen LogP contribution >= 0.6 is 11.8 Å². The predicted molar refractivity (Wildman–Crippen MR) is 129 cm³/mol. The number of ether oxygens (including phenoxy) is 2. The van der Waals surface area contributed by atoms with Gasteiger partial charge >= 0.3 is 0 Å². The van der Waals surface area contributed by atoms with Crippen molar-refractivity contribution in [1.29, 1.82) is 0 Å². The largest absolute Gasteiger partial charge is 0.454 e. The number of halogens is 1. The van der Waals surface area contributed by atoms with Gasteiger partial charge in [-0.05, 0) is 37.3 Å². The molecule has 4 aromatic rings. The van der Waals surface area contributed by atoms with E-state index >= 15 is 0 Å². The van der Waals surface area contributed by atoms with Gasteiger partial charge in [-0.15, -0.1) is 0 Å². The van der Waals surface area contributed by atoms with E-state index in [1.54, 1.807) is 30.3 Å². The van der Waals surface area contributed by atoms with Crippen LogP contribution in [0.5, 0.6) is 11.5 Å². The second-order valence-corrected chi connectivity index (χ2v) is 8.59. The van der Waals surface area contributed by atoms with Crippen LogP contribution in [0, 0.1) is 5.82 Å². The topological polar surface area (TPSA) is 99.5 Å². The fourth-order valence-corrected chi connectivity index (χ4v) is 4.51. The van der Waals surface area contributed by atoms with E-state index < -0.39 is 17.3 Å². The Bertz CT molecular complexity index is 1550. The van der Waals surface area contributed by atoms with Gasteiger partial charge in [0, 0.05) is 11.6 Å². The smallest absolute Gasteiger partial charge is 0.266 e. The molecule has 8 nitrogen and oxygen atoms in total. The minimum Gasteiger partial charge on any atom is -0.454 e. The van der Waals surface area contributed by atoms with Crippen molar-refractivity contribution >= 4 is 40.0 Å². The summed E-state index contributed by atoms with van der Waals surface area (Å²) in [6, 6.07) is 15.7. The van der Waals surface area contributed by atoms with E-state index in [0.717, 1.165) is 16.3 Å². The monoisotopic (exact) mass is 491 g/mol. The Kier molecular flexibility index (Phi) is 5.96. The van der Waals surface area contributed by atoms with Crippen LogP contribution in [0.4, 0.5) is 10.1 Å². The van der Waals surface area contributed by atoms with Crippen LogP contribution < -0.4 is 20.3 Å². The zero-order valence-corrected chi connectivity index (χ0v) is 19.2. The summed E-state index contributed by atoms with van der Waals surface area (Å²) in [5, 5.41) is 3.20. The summed E-state index contributed by atoms with van der Waals surface area (Å²) in [6.07, 6.45) is 0. The van der Waals surface area contributed by atoms with Crippen molar-refractivity contribution in [3.63, 3.8) is 0 Å². The highest BCUT2D eigenvalue weighted by molar-refractivity contribution is 7.99. The summed E-state index contributed by atoms with van der Waals surface area (Å²) < 4.78 is 26.4. The number of benzene rings is 3. The van der Waals surface area contributed by atoms with Gasteiger partial charge < -0.3 is 14.8 Å². The molecular weight excluding hydrogens is 473 g/mol. The first-order valence-electron chi connectivity index (χ1n) is 10.6. The maximum absolute atomic E-state index is 14.6. The molecule has 0 fully saturated rings. The number of aromatic nitrogens is 2. The number of para-hydroxylation sites is 2. The quantitative estimate of drug-likeness (QED) is 0.245. The number of carbonyl (C=O) groups is 2. The summed E-state index contributed by atoms with van der Waals surface area (Å²) in [5.74, 6) is -0.594. The van der Waals surface area contributed by atoms with Crippen LogP contribution in [-0.4, -0.2) is 33.8 Å². The maximum Gasteiger partial charge on any atom is 0.266 e. The number of thioether (sulfide) groups is 1. The highest BCUT2D eigenvalue weighted by Gasteiger charge is 2.21. The van der Waals surface area contributed by atoms with Gasteiger partial charge in [0.25, 0.3) is 5.56 Å². The lowest BCUT2D eigenvalue weighted by molar-refractivity contribution is -0.113. The molecule has 0 bridgehead atoms. The third-order valence-electron chi connectivity index (χ3n) is 5.34. The van der Waals surface area contributed by atoms with E-state index in [1.807, 2.05) is 0 Å². The molecule has 0 radical (unpaired) electrons. The number of amides is 1. The first kappa shape index (κ1) is 22.6. The van der Waals surface area contributed by atoms with Crippen molar-refractivity contribution in [1.82, 2.24) is 9.55 Å². The molecule has 0 aliphatic carbocycles. The molecule has 3 aromatic carbocycles. The summed E-state index contributed by atoms with van der Waals surface area (Å²) in [6.45, 7) is 1.41. The van der Waals surface area contributed by atoms with Crippen molar-refractivity contribution in [2.24, 2.45) is 0 Å². The first-order valence-corrected chi connectivity index (χ1v) is 11.5. The molecule has 1 aliphatic rings. The van der Waals surface area contributed by atoms with Crippen molar-refractivity contribution in [3.05, 3.63) is 82.4 Å². The van der Waals surface area contributed by atoms with Crippen LogP contribution in [0.3, 0.4) is 0 Å². The van der Waals surface area contributed by atoms with Gasteiger partial charge in [0.05, 0.1) is 28.0 Å². The van der Waals surface area contributed by atoms with Gasteiger partial charge in [0.1, 0.15) is 5.82 Å². The van der Waals surface area contributed by atoms with E-state index in [9.17, 15) is 18.8 Å². The van der Waals surface area contributed by atoms with Crippen LogP contribution in [-0.2, 0) is 4.79 Å². The van der Waals surface area contributed by atoms with Crippen LogP contribution in [0.25, 0.3) is 16.6 Å². The van der Waals surface area contributed by atoms with E-state index in [0.29, 0.717) is 22.4 Å². The number of nitrogens with zero attached hydrogens (tertiary/aromatic N) is 2. The van der Waals surface area contributed by atoms with Crippen molar-refractivity contribution in [2.45, 2.75) is 12.1 Å². The Balaban J connectivity index is 1.46. The Hall–Kier alpha value is -4.18.